The number of anilines is 1. The quantitative estimate of drug-likeness (QED) is 0.417. The van der Waals surface area contributed by atoms with E-state index in [1.807, 2.05) is 13.0 Å². The van der Waals surface area contributed by atoms with Crippen molar-refractivity contribution in [3.63, 3.8) is 0 Å². The van der Waals surface area contributed by atoms with Crippen LogP contribution >= 0.6 is 0 Å². The van der Waals surface area contributed by atoms with Crippen molar-refractivity contribution >= 4 is 11.6 Å². The van der Waals surface area contributed by atoms with Gasteiger partial charge in [0.05, 0.1) is 29.6 Å². The molecule has 2 aromatic carbocycles. The molecule has 0 aliphatic heterocycles. The number of methoxy groups -OCH3 is 1. The minimum Gasteiger partial charge on any atom is -0.495 e. The van der Waals surface area contributed by atoms with Gasteiger partial charge in [0.2, 0.25) is 5.88 Å². The number of benzene rings is 2. The molecule has 0 spiro atoms. The summed E-state index contributed by atoms with van der Waals surface area (Å²) in [6.45, 7) is 1.97. The second-order valence-electron chi connectivity index (χ2n) is 6.97. The molecule has 0 saturated heterocycles. The molecule has 0 saturated carbocycles. The molecule has 0 unspecified atom stereocenters. The molecule has 1 N–H and O–H groups in total. The van der Waals surface area contributed by atoms with Crippen molar-refractivity contribution in [2.45, 2.75) is 13.3 Å². The van der Waals surface area contributed by atoms with Crippen LogP contribution in [-0.4, -0.2) is 28.0 Å². The van der Waals surface area contributed by atoms with E-state index >= 15 is 0 Å². The van der Waals surface area contributed by atoms with Gasteiger partial charge in [0.15, 0.2) is 0 Å². The van der Waals surface area contributed by atoms with Gasteiger partial charge >= 0.3 is 0 Å². The van der Waals surface area contributed by atoms with Gasteiger partial charge in [-0.3, -0.25) is 4.79 Å². The van der Waals surface area contributed by atoms with Crippen molar-refractivity contribution in [3.05, 3.63) is 90.3 Å². The van der Waals surface area contributed by atoms with Gasteiger partial charge in [0.25, 0.3) is 5.91 Å². The normalized spacial score (nSPS) is 10.5. The first-order valence-electron chi connectivity index (χ1n) is 10.3. The van der Waals surface area contributed by atoms with Crippen molar-refractivity contribution < 1.29 is 18.7 Å². The van der Waals surface area contributed by atoms with Crippen molar-refractivity contribution in [1.82, 2.24) is 15.0 Å². The first-order chi connectivity index (χ1) is 16.1. The average molecular weight is 444 g/mol. The van der Waals surface area contributed by atoms with Crippen molar-refractivity contribution in [2.75, 3.05) is 12.4 Å². The minimum atomic E-state index is -0.681. The number of hydrogen-bond donors (Lipinski definition) is 1. The summed E-state index contributed by atoms with van der Waals surface area (Å²) in [6, 6.07) is 16.2. The van der Waals surface area contributed by atoms with Gasteiger partial charge in [0.1, 0.15) is 23.1 Å². The second kappa shape index (κ2) is 9.86. The Labute approximate surface area is 190 Å². The fourth-order valence-corrected chi connectivity index (χ4v) is 3.18. The Morgan fingerprint density at radius 3 is 2.70 bits per heavy atom. The number of rotatable bonds is 7. The maximum atomic E-state index is 14.5. The van der Waals surface area contributed by atoms with Gasteiger partial charge in [0, 0.05) is 18.8 Å². The highest BCUT2D eigenvalue weighted by Crippen LogP contribution is 2.31. The second-order valence-corrected chi connectivity index (χ2v) is 6.97. The molecule has 0 bridgehead atoms. The Morgan fingerprint density at radius 1 is 1.03 bits per heavy atom. The zero-order valence-corrected chi connectivity index (χ0v) is 18.1. The largest absolute Gasteiger partial charge is 0.495 e. The van der Waals surface area contributed by atoms with Crippen LogP contribution in [0.5, 0.6) is 17.4 Å². The summed E-state index contributed by atoms with van der Waals surface area (Å²) in [7, 11) is 1.49. The predicted octanol–water partition coefficient (Wildman–Crippen LogP) is 5.29. The highest BCUT2D eigenvalue weighted by atomic mass is 19.1. The van der Waals surface area contributed by atoms with Crippen LogP contribution in [0.25, 0.3) is 11.3 Å². The number of carbonyl (C=O) groups is 1. The van der Waals surface area contributed by atoms with E-state index in [9.17, 15) is 9.18 Å². The van der Waals surface area contributed by atoms with E-state index < -0.39 is 11.7 Å². The monoisotopic (exact) mass is 444 g/mol. The van der Waals surface area contributed by atoms with Gasteiger partial charge in [-0.05, 0) is 48.5 Å². The zero-order valence-electron chi connectivity index (χ0n) is 18.1. The fraction of sp³-hybridized carbons (Fsp3) is 0.120. The summed E-state index contributed by atoms with van der Waals surface area (Å²) in [6.07, 6.45) is 3.95. The zero-order chi connectivity index (χ0) is 23.2. The lowest BCUT2D eigenvalue weighted by molar-refractivity contribution is 0.102. The third kappa shape index (κ3) is 4.95. The average Bonchev–Trinajstić information content (AvgIpc) is 2.86. The molecule has 0 radical (unpaired) electrons. The number of ether oxygens (including phenoxy) is 2. The number of nitrogens with zero attached hydrogens (tertiary/aromatic N) is 3. The van der Waals surface area contributed by atoms with Crippen molar-refractivity contribution in [3.8, 4) is 28.6 Å². The van der Waals surface area contributed by atoms with Crippen LogP contribution in [0.2, 0.25) is 0 Å². The molecule has 4 aromatic rings. The molecule has 4 rings (SSSR count). The van der Waals surface area contributed by atoms with Crippen molar-refractivity contribution in [2.24, 2.45) is 0 Å². The molecule has 7 nitrogen and oxygen atoms in total. The lowest BCUT2D eigenvalue weighted by atomic mass is 10.1. The standard InChI is InChI=1S/C25H21FN4O3/c1-3-23-27-14-12-20(29-23)17-7-6-13-28-25(17)33-16-10-11-19(26)18(15-16)24(31)30-21-8-4-5-9-22(21)32-2/h4-15H,3H2,1-2H3,(H,30,31). The van der Waals surface area contributed by atoms with Gasteiger partial charge in [-0.2, -0.15) is 0 Å². The molecule has 2 heterocycles. The van der Waals surface area contributed by atoms with Gasteiger partial charge < -0.3 is 14.8 Å². The van der Waals surface area contributed by atoms with E-state index in [4.69, 9.17) is 9.47 Å². The summed E-state index contributed by atoms with van der Waals surface area (Å²) >= 11 is 0. The minimum absolute atomic E-state index is 0.175. The molecule has 2 aromatic heterocycles. The third-order valence-corrected chi connectivity index (χ3v) is 4.82. The van der Waals surface area contributed by atoms with Crippen LogP contribution in [0.3, 0.4) is 0 Å². The van der Waals surface area contributed by atoms with E-state index in [2.05, 4.69) is 20.3 Å². The SMILES string of the molecule is CCc1nccc(-c2cccnc2Oc2ccc(F)c(C(=O)Nc3ccccc3OC)c2)n1. The summed E-state index contributed by atoms with van der Waals surface area (Å²) in [5, 5.41) is 2.67. The number of pyridine rings is 1. The number of aryl methyl sites for hydroxylation is 1. The number of amides is 1. The fourth-order valence-electron chi connectivity index (χ4n) is 3.18. The van der Waals surface area contributed by atoms with E-state index in [1.165, 1.54) is 25.3 Å². The van der Waals surface area contributed by atoms with Crippen LogP contribution in [0.1, 0.15) is 23.1 Å². The van der Waals surface area contributed by atoms with Gasteiger partial charge in [-0.1, -0.05) is 19.1 Å². The Balaban J connectivity index is 1.62. The topological polar surface area (TPSA) is 86.2 Å². The number of halogens is 1. The molecular weight excluding hydrogens is 423 g/mol. The molecule has 0 aliphatic rings. The number of para-hydroxylation sites is 2. The molecule has 0 aliphatic carbocycles. The number of nitrogens with one attached hydrogen (secondary N) is 1. The van der Waals surface area contributed by atoms with Crippen LogP contribution < -0.4 is 14.8 Å². The molecule has 8 heteroatoms. The maximum absolute atomic E-state index is 14.5. The number of aromatic nitrogens is 3. The van der Waals surface area contributed by atoms with Gasteiger partial charge in [-0.15, -0.1) is 0 Å². The van der Waals surface area contributed by atoms with Crippen LogP contribution in [0.4, 0.5) is 10.1 Å². The van der Waals surface area contributed by atoms with E-state index in [1.54, 1.807) is 48.8 Å². The Bertz CT molecular complexity index is 1300. The molecule has 166 valence electrons. The maximum Gasteiger partial charge on any atom is 0.258 e. The van der Waals surface area contributed by atoms with Crippen LogP contribution in [-0.2, 0) is 6.42 Å². The summed E-state index contributed by atoms with van der Waals surface area (Å²) in [4.78, 5) is 25.8. The summed E-state index contributed by atoms with van der Waals surface area (Å²) < 4.78 is 25.7. The lowest BCUT2D eigenvalue weighted by Crippen LogP contribution is -2.14. The first kappa shape index (κ1) is 21.9. The van der Waals surface area contributed by atoms with E-state index in [-0.39, 0.29) is 17.2 Å². The van der Waals surface area contributed by atoms with Gasteiger partial charge in [-0.25, -0.2) is 19.3 Å². The van der Waals surface area contributed by atoms with E-state index in [0.29, 0.717) is 34.9 Å². The molecule has 0 atom stereocenters. The number of hydrogen-bond acceptors (Lipinski definition) is 6. The lowest BCUT2D eigenvalue weighted by Gasteiger charge is -2.13. The van der Waals surface area contributed by atoms with Crippen LogP contribution in [0.15, 0.2) is 73.1 Å². The first-order valence-corrected chi connectivity index (χ1v) is 10.3. The molecular formula is C25H21FN4O3. The molecule has 0 fully saturated rings. The Morgan fingerprint density at radius 2 is 1.88 bits per heavy atom. The highest BCUT2D eigenvalue weighted by molar-refractivity contribution is 6.05. The Kier molecular flexibility index (Phi) is 6.54. The predicted molar refractivity (Wildman–Crippen MR) is 122 cm³/mol. The molecule has 1 amide bonds. The number of carbonyl (C=O) groups excluding carboxylic acids is 1. The Hall–Kier alpha value is -4.33. The van der Waals surface area contributed by atoms with E-state index in [0.717, 1.165) is 0 Å². The third-order valence-electron chi connectivity index (χ3n) is 4.82. The smallest absolute Gasteiger partial charge is 0.258 e. The summed E-state index contributed by atoms with van der Waals surface area (Å²) in [5.74, 6) is 0.381. The summed E-state index contributed by atoms with van der Waals surface area (Å²) in [5.41, 5.74) is 1.56. The highest BCUT2D eigenvalue weighted by Gasteiger charge is 2.17. The van der Waals surface area contributed by atoms with Crippen molar-refractivity contribution in [1.29, 1.82) is 0 Å². The molecule has 33 heavy (non-hydrogen) atoms. The van der Waals surface area contributed by atoms with Crippen LogP contribution in [0, 0.1) is 5.82 Å².